The second-order valence-corrected chi connectivity index (χ2v) is 7.80. The van der Waals surface area contributed by atoms with Crippen LogP contribution >= 0.6 is 0 Å². The van der Waals surface area contributed by atoms with Crippen LogP contribution in [-0.2, 0) is 11.2 Å². The van der Waals surface area contributed by atoms with Crippen molar-refractivity contribution in [3.8, 4) is 0 Å². The second kappa shape index (κ2) is 9.78. The maximum Gasteiger partial charge on any atom is 0.321 e. The average Bonchev–Trinajstić information content (AvgIpc) is 3.17. The number of nitrogens with zero attached hydrogens (tertiary/aromatic N) is 2. The van der Waals surface area contributed by atoms with Gasteiger partial charge in [0.2, 0.25) is 5.91 Å². The molecular weight excluding hydrogens is 416 g/mol. The number of carbonyl (C=O) groups excluding carboxylic acids is 2. The van der Waals surface area contributed by atoms with Crippen LogP contribution in [-0.4, -0.2) is 61.1 Å². The number of amides is 3. The van der Waals surface area contributed by atoms with Gasteiger partial charge < -0.3 is 15.2 Å². The molecule has 0 saturated carbocycles. The summed E-state index contributed by atoms with van der Waals surface area (Å²) in [6.45, 7) is 3.23. The van der Waals surface area contributed by atoms with Gasteiger partial charge in [-0.25, -0.2) is 13.6 Å². The van der Waals surface area contributed by atoms with E-state index < -0.39 is 6.03 Å². The minimum atomic E-state index is -0.550. The summed E-state index contributed by atoms with van der Waals surface area (Å²) < 4.78 is 26.5. The van der Waals surface area contributed by atoms with Gasteiger partial charge in [-0.05, 0) is 54.4 Å². The van der Waals surface area contributed by atoms with Crippen molar-refractivity contribution in [2.45, 2.75) is 6.42 Å². The van der Waals surface area contributed by atoms with Gasteiger partial charge in [0, 0.05) is 55.5 Å². The van der Waals surface area contributed by atoms with Gasteiger partial charge >= 0.3 is 6.03 Å². The Hall–Kier alpha value is -3.46. The van der Waals surface area contributed by atoms with Gasteiger partial charge in [0.15, 0.2) is 0 Å². The number of rotatable bonds is 6. The molecule has 32 heavy (non-hydrogen) atoms. The highest BCUT2D eigenvalue weighted by Gasteiger charge is 2.20. The zero-order chi connectivity index (χ0) is 22.5. The zero-order valence-electron chi connectivity index (χ0n) is 17.5. The fourth-order valence-corrected chi connectivity index (χ4v) is 3.90. The van der Waals surface area contributed by atoms with Gasteiger partial charge in [0.1, 0.15) is 11.6 Å². The van der Waals surface area contributed by atoms with Crippen LogP contribution in [0.15, 0.2) is 48.7 Å². The van der Waals surface area contributed by atoms with Gasteiger partial charge in [-0.1, -0.05) is 0 Å². The van der Waals surface area contributed by atoms with Crippen LogP contribution in [0.5, 0.6) is 0 Å². The molecule has 0 bridgehead atoms. The zero-order valence-corrected chi connectivity index (χ0v) is 17.5. The number of benzene rings is 2. The molecule has 2 heterocycles. The molecule has 1 aromatic heterocycles. The van der Waals surface area contributed by atoms with E-state index in [9.17, 15) is 18.4 Å². The first-order valence-electron chi connectivity index (χ1n) is 10.5. The number of urea groups is 1. The highest BCUT2D eigenvalue weighted by Crippen LogP contribution is 2.19. The van der Waals surface area contributed by atoms with Crippen molar-refractivity contribution in [1.82, 2.24) is 20.5 Å². The second-order valence-electron chi connectivity index (χ2n) is 7.80. The summed E-state index contributed by atoms with van der Waals surface area (Å²) in [5.41, 5.74) is 2.68. The normalized spacial score (nSPS) is 14.5. The minimum absolute atomic E-state index is 0.131. The lowest BCUT2D eigenvalue weighted by molar-refractivity contribution is -0.121. The van der Waals surface area contributed by atoms with Crippen LogP contribution in [0, 0.1) is 11.6 Å². The van der Waals surface area contributed by atoms with Gasteiger partial charge in [0.05, 0.1) is 6.54 Å². The van der Waals surface area contributed by atoms with Crippen molar-refractivity contribution in [2.24, 2.45) is 0 Å². The van der Waals surface area contributed by atoms with Crippen molar-refractivity contribution in [3.63, 3.8) is 0 Å². The molecule has 9 heteroatoms. The summed E-state index contributed by atoms with van der Waals surface area (Å²) in [5.74, 6) is -0.947. The quantitative estimate of drug-likeness (QED) is 0.550. The number of piperazine rings is 1. The smallest absolute Gasteiger partial charge is 0.321 e. The topological polar surface area (TPSA) is 80.5 Å². The molecule has 1 fully saturated rings. The van der Waals surface area contributed by atoms with Crippen molar-refractivity contribution in [3.05, 3.63) is 65.9 Å². The number of aromatic amines is 1. The summed E-state index contributed by atoms with van der Waals surface area (Å²) in [7, 11) is 0. The molecule has 3 N–H and O–H groups in total. The molecule has 0 atom stereocenters. The van der Waals surface area contributed by atoms with Gasteiger partial charge in [-0.3, -0.25) is 15.0 Å². The average molecular weight is 441 g/mol. The number of anilines is 1. The van der Waals surface area contributed by atoms with E-state index in [2.05, 4.69) is 20.5 Å². The van der Waals surface area contributed by atoms with E-state index in [1.165, 1.54) is 24.3 Å². The molecule has 168 valence electrons. The number of nitrogens with one attached hydrogen (secondary N) is 3. The van der Waals surface area contributed by atoms with Crippen molar-refractivity contribution in [2.75, 3.05) is 44.2 Å². The lowest BCUT2D eigenvalue weighted by atomic mass is 10.1. The lowest BCUT2D eigenvalue weighted by Gasteiger charge is -2.35. The Bertz CT molecular complexity index is 1090. The monoisotopic (exact) mass is 441 g/mol. The van der Waals surface area contributed by atoms with Crippen molar-refractivity contribution >= 4 is 28.5 Å². The number of hydrogen-bond acceptors (Lipinski definition) is 4. The molecule has 7 nitrogen and oxygen atoms in total. The number of carbonyl (C=O) groups is 2. The number of halogens is 2. The first kappa shape index (κ1) is 21.8. The number of imide groups is 1. The maximum absolute atomic E-state index is 13.5. The molecular formula is C23H25F2N5O2. The number of fused-ring (bicyclic) bond motifs is 1. The number of H-pyrrole nitrogens is 1. The SMILES string of the molecule is O=C(CN1CCN(c2ccc(F)cc2)CC1)NC(=O)NCCc1c[nH]c2ccc(F)cc12. The van der Waals surface area contributed by atoms with Gasteiger partial charge in [0.25, 0.3) is 0 Å². The Morgan fingerprint density at radius 2 is 1.69 bits per heavy atom. The van der Waals surface area contributed by atoms with Gasteiger partial charge in [-0.15, -0.1) is 0 Å². The summed E-state index contributed by atoms with van der Waals surface area (Å²) in [6.07, 6.45) is 2.30. The summed E-state index contributed by atoms with van der Waals surface area (Å²) in [4.78, 5) is 31.4. The predicted octanol–water partition coefficient (Wildman–Crippen LogP) is 2.64. The lowest BCUT2D eigenvalue weighted by Crippen LogP contribution is -2.51. The largest absolute Gasteiger partial charge is 0.369 e. The van der Waals surface area contributed by atoms with Crippen LogP contribution in [0.1, 0.15) is 5.56 Å². The van der Waals surface area contributed by atoms with Crippen LogP contribution in [0.25, 0.3) is 10.9 Å². The van der Waals surface area contributed by atoms with E-state index in [0.717, 1.165) is 35.2 Å². The van der Waals surface area contributed by atoms with E-state index in [1.54, 1.807) is 24.4 Å². The van der Waals surface area contributed by atoms with E-state index in [-0.39, 0.29) is 24.1 Å². The molecule has 0 unspecified atom stereocenters. The van der Waals surface area contributed by atoms with Crippen LogP contribution in [0.4, 0.5) is 19.3 Å². The fraction of sp³-hybridized carbons (Fsp3) is 0.304. The molecule has 4 rings (SSSR count). The summed E-state index contributed by atoms with van der Waals surface area (Å²) >= 11 is 0. The molecule has 2 aromatic carbocycles. The first-order valence-corrected chi connectivity index (χ1v) is 10.5. The molecule has 1 aliphatic rings. The van der Waals surface area contributed by atoms with E-state index in [1.807, 2.05) is 4.90 Å². The van der Waals surface area contributed by atoms with Crippen molar-refractivity contribution < 1.29 is 18.4 Å². The molecule has 3 aromatic rings. The number of hydrogen-bond donors (Lipinski definition) is 3. The summed E-state index contributed by atoms with van der Waals surface area (Å²) in [6, 6.07) is 10.3. The third-order valence-corrected chi connectivity index (χ3v) is 5.59. The molecule has 0 aliphatic carbocycles. The fourth-order valence-electron chi connectivity index (χ4n) is 3.90. The van der Waals surface area contributed by atoms with Crippen LogP contribution < -0.4 is 15.5 Å². The highest BCUT2D eigenvalue weighted by molar-refractivity contribution is 5.95. The summed E-state index contributed by atoms with van der Waals surface area (Å²) in [5, 5.41) is 5.80. The first-order chi connectivity index (χ1) is 15.5. The Morgan fingerprint density at radius 1 is 0.969 bits per heavy atom. The standard InChI is InChI=1S/C23H25F2N5O2/c24-17-1-4-19(5-2-17)30-11-9-29(10-12-30)15-22(31)28-23(32)26-8-7-16-14-27-21-6-3-18(25)13-20(16)21/h1-6,13-14,27H,7-12,15H2,(H2,26,28,31,32). The Morgan fingerprint density at radius 3 is 2.44 bits per heavy atom. The van der Waals surface area contributed by atoms with Crippen LogP contribution in [0.2, 0.25) is 0 Å². The molecule has 1 saturated heterocycles. The third kappa shape index (κ3) is 5.42. The molecule has 0 spiro atoms. The van der Waals surface area contributed by atoms with E-state index >= 15 is 0 Å². The van der Waals surface area contributed by atoms with Gasteiger partial charge in [-0.2, -0.15) is 0 Å². The van der Waals surface area contributed by atoms with Crippen LogP contribution in [0.3, 0.4) is 0 Å². The third-order valence-electron chi connectivity index (χ3n) is 5.59. The maximum atomic E-state index is 13.5. The Kier molecular flexibility index (Phi) is 6.65. The Labute approximate surface area is 184 Å². The highest BCUT2D eigenvalue weighted by atomic mass is 19.1. The number of aromatic nitrogens is 1. The minimum Gasteiger partial charge on any atom is -0.369 e. The predicted molar refractivity (Wildman–Crippen MR) is 119 cm³/mol. The van der Waals surface area contributed by atoms with E-state index in [4.69, 9.17) is 0 Å². The molecule has 3 amide bonds. The van der Waals surface area contributed by atoms with Crippen molar-refractivity contribution in [1.29, 1.82) is 0 Å². The Balaban J connectivity index is 1.17. The molecule has 0 radical (unpaired) electrons. The van der Waals surface area contributed by atoms with E-state index in [0.29, 0.717) is 26.1 Å². The molecule has 1 aliphatic heterocycles.